The number of amides is 1. The Bertz CT molecular complexity index is 1520. The summed E-state index contributed by atoms with van der Waals surface area (Å²) in [7, 11) is 0. The van der Waals surface area contributed by atoms with E-state index in [0.29, 0.717) is 55.2 Å². The van der Waals surface area contributed by atoms with Crippen molar-refractivity contribution in [2.45, 2.75) is 89.9 Å². The zero-order chi connectivity index (χ0) is 30.4. The van der Waals surface area contributed by atoms with Crippen molar-refractivity contribution in [1.29, 1.82) is 0 Å². The van der Waals surface area contributed by atoms with Gasteiger partial charge in [0, 0.05) is 45.0 Å². The number of halogens is 1. The Balaban J connectivity index is 1.30. The minimum Gasteiger partial charge on any atom is -0.484 e. The third-order valence-corrected chi connectivity index (χ3v) is 8.74. The van der Waals surface area contributed by atoms with Crippen molar-refractivity contribution < 1.29 is 28.5 Å². The van der Waals surface area contributed by atoms with Gasteiger partial charge in [-0.25, -0.2) is 19.4 Å². The number of nitrogens with zero attached hydrogens (tertiary/aromatic N) is 5. The first-order valence-electron chi connectivity index (χ1n) is 14.7. The lowest BCUT2D eigenvalue weighted by Crippen LogP contribution is -2.54. The zero-order valence-corrected chi connectivity index (χ0v) is 27.0. The molecule has 1 aromatic carbocycles. The Morgan fingerprint density at radius 2 is 1.93 bits per heavy atom. The van der Waals surface area contributed by atoms with Crippen molar-refractivity contribution >= 4 is 51.6 Å². The number of aromatic nitrogens is 4. The maximum Gasteiger partial charge on any atom is 0.408 e. The molecule has 1 spiro atoms. The number of nitrogens with one attached hydrogen (secondary N) is 1. The summed E-state index contributed by atoms with van der Waals surface area (Å²) >= 11 is 2.17. The van der Waals surface area contributed by atoms with E-state index in [0.717, 1.165) is 34.3 Å². The molecule has 0 saturated carbocycles. The number of para-hydroxylation sites is 1. The van der Waals surface area contributed by atoms with E-state index in [1.54, 1.807) is 0 Å². The van der Waals surface area contributed by atoms with Crippen LogP contribution in [0.4, 0.5) is 10.6 Å². The van der Waals surface area contributed by atoms with Crippen molar-refractivity contribution in [1.82, 2.24) is 25.1 Å². The summed E-state index contributed by atoms with van der Waals surface area (Å²) < 4.78 is 26.2. The van der Waals surface area contributed by atoms with Crippen LogP contribution in [0.3, 0.4) is 0 Å². The SMILES string of the molecule is CC(=O)OCc1nc2c(I)nn(C3CCCCO3)c2nc1N1CCC2(CC1)Oc1ccccc1[C@H]2NC(=O)OC(C)(C)C. The summed E-state index contributed by atoms with van der Waals surface area (Å²) in [6.45, 7) is 8.77. The second-order valence-electron chi connectivity index (χ2n) is 12.3. The number of hydrogen-bond donors (Lipinski definition) is 1. The minimum absolute atomic E-state index is 0.00119. The van der Waals surface area contributed by atoms with E-state index in [4.69, 9.17) is 34.0 Å². The fraction of sp³-hybridized carbons (Fsp3) is 0.567. The first-order chi connectivity index (χ1) is 20.5. The molecule has 12 nitrogen and oxygen atoms in total. The van der Waals surface area contributed by atoms with Gasteiger partial charge in [0.25, 0.3) is 0 Å². The molecule has 230 valence electrons. The molecular formula is C30H37IN6O6. The van der Waals surface area contributed by atoms with E-state index in [2.05, 4.69) is 32.8 Å². The highest BCUT2D eigenvalue weighted by molar-refractivity contribution is 14.1. The van der Waals surface area contributed by atoms with Crippen molar-refractivity contribution in [2.24, 2.45) is 0 Å². The van der Waals surface area contributed by atoms with Gasteiger partial charge in [-0.05, 0) is 68.7 Å². The molecule has 1 unspecified atom stereocenters. The molecule has 3 aromatic rings. The molecule has 13 heteroatoms. The average molecular weight is 705 g/mol. The van der Waals surface area contributed by atoms with Crippen LogP contribution in [0.25, 0.3) is 11.2 Å². The third kappa shape index (κ3) is 6.10. The van der Waals surface area contributed by atoms with E-state index < -0.39 is 17.3 Å². The third-order valence-electron chi connectivity index (χ3n) is 8.02. The Hall–Kier alpha value is -3.20. The van der Waals surface area contributed by atoms with Crippen LogP contribution in [0.15, 0.2) is 24.3 Å². The van der Waals surface area contributed by atoms with Gasteiger partial charge in [-0.2, -0.15) is 5.10 Å². The number of hydrogen-bond acceptors (Lipinski definition) is 10. The predicted octanol–water partition coefficient (Wildman–Crippen LogP) is 5.19. The number of anilines is 1. The molecule has 1 N–H and O–H groups in total. The summed E-state index contributed by atoms with van der Waals surface area (Å²) in [5, 5.41) is 7.84. The lowest BCUT2D eigenvalue weighted by atomic mass is 9.82. The van der Waals surface area contributed by atoms with Crippen molar-refractivity contribution in [2.75, 3.05) is 24.6 Å². The topological polar surface area (TPSA) is 130 Å². The second-order valence-corrected chi connectivity index (χ2v) is 13.3. The molecule has 0 radical (unpaired) electrons. The monoisotopic (exact) mass is 704 g/mol. The summed E-state index contributed by atoms with van der Waals surface area (Å²) in [5.74, 6) is 1.02. The van der Waals surface area contributed by atoms with Crippen LogP contribution in [0.1, 0.15) is 83.3 Å². The van der Waals surface area contributed by atoms with Gasteiger partial charge in [0.1, 0.15) is 40.8 Å². The van der Waals surface area contributed by atoms with Crippen LogP contribution < -0.4 is 15.0 Å². The minimum atomic E-state index is -0.655. The Labute approximate surface area is 263 Å². The van der Waals surface area contributed by atoms with Gasteiger partial charge in [-0.15, -0.1) is 0 Å². The number of esters is 1. The molecule has 0 bridgehead atoms. The average Bonchev–Trinajstić information content (AvgIpc) is 3.45. The molecule has 1 amide bonds. The Morgan fingerprint density at radius 1 is 1.16 bits per heavy atom. The van der Waals surface area contributed by atoms with E-state index in [-0.39, 0.29) is 24.8 Å². The fourth-order valence-electron chi connectivity index (χ4n) is 6.07. The molecule has 2 saturated heterocycles. The summed E-state index contributed by atoms with van der Waals surface area (Å²) in [5.41, 5.74) is 1.53. The first kappa shape index (κ1) is 29.9. The van der Waals surface area contributed by atoms with Gasteiger partial charge in [0.2, 0.25) is 0 Å². The number of fused-ring (bicyclic) bond motifs is 2. The number of ether oxygens (including phenoxy) is 4. The van der Waals surface area contributed by atoms with E-state index in [1.807, 2.05) is 49.7 Å². The molecule has 6 rings (SSSR count). The number of carbonyl (C=O) groups is 2. The van der Waals surface area contributed by atoms with Crippen LogP contribution in [-0.4, -0.2) is 62.7 Å². The van der Waals surface area contributed by atoms with Gasteiger partial charge in [0.05, 0.1) is 0 Å². The molecule has 5 heterocycles. The highest BCUT2D eigenvalue weighted by Crippen LogP contribution is 2.49. The lowest BCUT2D eigenvalue weighted by molar-refractivity contribution is -0.142. The first-order valence-corrected chi connectivity index (χ1v) is 15.8. The van der Waals surface area contributed by atoms with Crippen molar-refractivity contribution in [3.8, 4) is 5.75 Å². The molecule has 43 heavy (non-hydrogen) atoms. The molecule has 2 fully saturated rings. The number of piperidine rings is 1. The molecular weight excluding hydrogens is 667 g/mol. The van der Waals surface area contributed by atoms with Crippen molar-refractivity contribution in [3.63, 3.8) is 0 Å². The normalized spacial score (nSPS) is 21.4. The molecule has 3 aliphatic heterocycles. The summed E-state index contributed by atoms with van der Waals surface area (Å²) in [6, 6.07) is 7.44. The quantitative estimate of drug-likeness (QED) is 0.280. The Morgan fingerprint density at radius 3 is 2.63 bits per heavy atom. The lowest BCUT2D eigenvalue weighted by Gasteiger charge is -2.42. The number of alkyl carbamates (subject to hydrolysis) is 1. The zero-order valence-electron chi connectivity index (χ0n) is 24.9. The van der Waals surface area contributed by atoms with Crippen LogP contribution in [0.2, 0.25) is 0 Å². The van der Waals surface area contributed by atoms with Gasteiger partial charge in [-0.1, -0.05) is 18.2 Å². The molecule has 0 aliphatic carbocycles. The maximum absolute atomic E-state index is 12.9. The molecule has 2 aromatic heterocycles. The summed E-state index contributed by atoms with van der Waals surface area (Å²) in [4.78, 5) is 36.8. The standard InChI is InChI=1S/C30H37IN6O6/c1-18(38)41-17-20-26(34-27-23(32-20)25(31)35-37(27)22-11-7-8-16-40-22)36-14-12-30(13-15-36)24(33-28(39)43-29(2,3)4)19-9-5-6-10-21(19)42-30/h5-6,9-10,22,24H,7-8,11-17H2,1-4H3,(H,33,39)/t22?,24-/m1/s1. The largest absolute Gasteiger partial charge is 0.484 e. The van der Waals surface area contributed by atoms with E-state index in [1.165, 1.54) is 6.92 Å². The summed E-state index contributed by atoms with van der Waals surface area (Å²) in [6.07, 6.45) is 3.48. The fourth-order valence-corrected chi connectivity index (χ4v) is 6.67. The highest BCUT2D eigenvalue weighted by Gasteiger charge is 2.51. The number of carbonyl (C=O) groups excluding carboxylic acids is 2. The second kappa shape index (κ2) is 11.7. The van der Waals surface area contributed by atoms with Crippen molar-refractivity contribution in [3.05, 3.63) is 39.2 Å². The smallest absolute Gasteiger partial charge is 0.408 e. The van der Waals surface area contributed by atoms with Gasteiger partial charge < -0.3 is 29.2 Å². The van der Waals surface area contributed by atoms with Gasteiger partial charge in [-0.3, -0.25) is 4.79 Å². The van der Waals surface area contributed by atoms with E-state index >= 15 is 0 Å². The molecule has 3 aliphatic rings. The number of rotatable bonds is 5. The molecule has 2 atom stereocenters. The van der Waals surface area contributed by atoms with Gasteiger partial charge >= 0.3 is 12.1 Å². The Kier molecular flexibility index (Phi) is 8.13. The van der Waals surface area contributed by atoms with Gasteiger partial charge in [0.15, 0.2) is 21.4 Å². The number of benzene rings is 1. The van der Waals surface area contributed by atoms with Crippen LogP contribution in [0.5, 0.6) is 5.75 Å². The van der Waals surface area contributed by atoms with Crippen LogP contribution in [-0.2, 0) is 25.6 Å². The van der Waals surface area contributed by atoms with Crippen LogP contribution >= 0.6 is 22.6 Å². The van der Waals surface area contributed by atoms with Crippen LogP contribution in [0, 0.1) is 3.70 Å². The van der Waals surface area contributed by atoms with E-state index in [9.17, 15) is 9.59 Å². The predicted molar refractivity (Wildman–Crippen MR) is 166 cm³/mol. The highest BCUT2D eigenvalue weighted by atomic mass is 127. The maximum atomic E-state index is 12.9.